The van der Waals surface area contributed by atoms with Crippen LogP contribution < -0.4 is 0 Å². The summed E-state index contributed by atoms with van der Waals surface area (Å²) in [6.07, 6.45) is -0.442. The Labute approximate surface area is 158 Å². The third-order valence-corrected chi connectivity index (χ3v) is 4.72. The molecular weight excluding hydrogens is 347 g/mol. The maximum Gasteiger partial charge on any atom is 0.256 e. The highest BCUT2D eigenvalue weighted by Crippen LogP contribution is 2.21. The monoisotopic (exact) mass is 370 g/mol. The molecule has 0 radical (unpaired) electrons. The molecular formula is C21H23FN2O3. The summed E-state index contributed by atoms with van der Waals surface area (Å²) in [4.78, 5) is 28.7. The zero-order chi connectivity index (χ0) is 19.2. The molecule has 3 rings (SSSR count). The predicted molar refractivity (Wildman–Crippen MR) is 99.2 cm³/mol. The van der Waals surface area contributed by atoms with E-state index in [9.17, 15) is 14.0 Å². The predicted octanol–water partition coefficient (Wildman–Crippen LogP) is 2.77. The van der Waals surface area contributed by atoms with Crippen molar-refractivity contribution in [2.24, 2.45) is 0 Å². The van der Waals surface area contributed by atoms with Gasteiger partial charge in [0.25, 0.3) is 5.91 Å². The van der Waals surface area contributed by atoms with E-state index in [1.54, 1.807) is 21.9 Å². The zero-order valence-electron chi connectivity index (χ0n) is 15.3. The number of benzene rings is 2. The molecule has 1 aliphatic rings. The first kappa shape index (κ1) is 19.0. The molecule has 1 aliphatic heterocycles. The number of hydrogen-bond donors (Lipinski definition) is 0. The van der Waals surface area contributed by atoms with Gasteiger partial charge in [-0.1, -0.05) is 42.5 Å². The molecule has 0 spiro atoms. The van der Waals surface area contributed by atoms with Gasteiger partial charge in [0.05, 0.1) is 0 Å². The van der Waals surface area contributed by atoms with Crippen LogP contribution in [0.5, 0.6) is 0 Å². The zero-order valence-corrected chi connectivity index (χ0v) is 15.3. The highest BCUT2D eigenvalue weighted by Gasteiger charge is 2.29. The Morgan fingerprint density at radius 3 is 2.59 bits per heavy atom. The van der Waals surface area contributed by atoms with E-state index in [1.165, 1.54) is 19.2 Å². The lowest BCUT2D eigenvalue weighted by Crippen LogP contribution is -2.38. The number of hydrogen-bond acceptors (Lipinski definition) is 3. The molecule has 0 aliphatic carbocycles. The van der Waals surface area contributed by atoms with Crippen molar-refractivity contribution in [2.45, 2.75) is 19.1 Å². The maximum atomic E-state index is 13.4. The molecule has 1 atom stereocenters. The third kappa shape index (κ3) is 4.71. The fourth-order valence-corrected chi connectivity index (χ4v) is 3.28. The maximum absolute atomic E-state index is 13.4. The van der Waals surface area contributed by atoms with Crippen molar-refractivity contribution in [1.82, 2.24) is 9.80 Å². The van der Waals surface area contributed by atoms with Gasteiger partial charge < -0.3 is 14.5 Å². The van der Waals surface area contributed by atoms with Gasteiger partial charge in [0, 0.05) is 39.7 Å². The van der Waals surface area contributed by atoms with Gasteiger partial charge in [-0.3, -0.25) is 9.59 Å². The Hall–Kier alpha value is -2.73. The molecule has 0 aromatic heterocycles. The summed E-state index contributed by atoms with van der Waals surface area (Å²) in [7, 11) is 1.51. The van der Waals surface area contributed by atoms with Crippen LogP contribution in [0.2, 0.25) is 0 Å². The highest BCUT2D eigenvalue weighted by atomic mass is 19.1. The quantitative estimate of drug-likeness (QED) is 0.813. The summed E-state index contributed by atoms with van der Waals surface area (Å²) in [5.74, 6) is -0.510. The number of carbonyl (C=O) groups excluding carboxylic acids is 2. The molecule has 2 amide bonds. The van der Waals surface area contributed by atoms with Crippen molar-refractivity contribution in [3.05, 3.63) is 71.5 Å². The summed E-state index contributed by atoms with van der Waals surface area (Å²) in [6.45, 7) is 1.52. The average Bonchev–Trinajstić information content (AvgIpc) is 2.85. The van der Waals surface area contributed by atoms with Crippen molar-refractivity contribution >= 4 is 11.8 Å². The molecule has 0 saturated carbocycles. The van der Waals surface area contributed by atoms with Crippen LogP contribution in [-0.2, 0) is 20.9 Å². The molecule has 6 heteroatoms. The molecule has 0 N–H and O–H groups in total. The number of ether oxygens (including phenoxy) is 1. The summed E-state index contributed by atoms with van der Waals surface area (Å²) in [5, 5.41) is 0. The first-order chi connectivity index (χ1) is 13.1. The van der Waals surface area contributed by atoms with Crippen LogP contribution in [0.4, 0.5) is 4.39 Å². The highest BCUT2D eigenvalue weighted by molar-refractivity contribution is 5.84. The van der Waals surface area contributed by atoms with Crippen LogP contribution >= 0.6 is 0 Å². The van der Waals surface area contributed by atoms with E-state index in [0.29, 0.717) is 26.2 Å². The lowest BCUT2D eigenvalue weighted by Gasteiger charge is -2.26. The van der Waals surface area contributed by atoms with E-state index in [2.05, 4.69) is 0 Å². The van der Waals surface area contributed by atoms with Gasteiger partial charge in [0.2, 0.25) is 5.91 Å². The van der Waals surface area contributed by atoms with Gasteiger partial charge in [0.15, 0.2) is 6.10 Å². The van der Waals surface area contributed by atoms with Crippen LogP contribution in [-0.4, -0.2) is 48.4 Å². The van der Waals surface area contributed by atoms with Crippen molar-refractivity contribution in [3.63, 3.8) is 0 Å². The largest absolute Gasteiger partial charge is 0.367 e. The van der Waals surface area contributed by atoms with Crippen molar-refractivity contribution < 1.29 is 18.7 Å². The van der Waals surface area contributed by atoms with Crippen LogP contribution in [0.15, 0.2) is 54.6 Å². The second kappa shape index (κ2) is 8.77. The fourth-order valence-electron chi connectivity index (χ4n) is 3.28. The van der Waals surface area contributed by atoms with E-state index in [1.807, 2.05) is 30.3 Å². The van der Waals surface area contributed by atoms with E-state index in [4.69, 9.17) is 4.74 Å². The van der Waals surface area contributed by atoms with E-state index >= 15 is 0 Å². The fraction of sp³-hybridized carbons (Fsp3) is 0.333. The molecule has 27 heavy (non-hydrogen) atoms. The molecule has 2 aromatic rings. The van der Waals surface area contributed by atoms with Gasteiger partial charge in [-0.2, -0.15) is 0 Å². The second-order valence-electron chi connectivity index (χ2n) is 6.55. The molecule has 1 saturated heterocycles. The Morgan fingerprint density at radius 2 is 1.89 bits per heavy atom. The van der Waals surface area contributed by atoms with Crippen molar-refractivity contribution in [1.29, 1.82) is 0 Å². The van der Waals surface area contributed by atoms with Gasteiger partial charge in [-0.15, -0.1) is 0 Å². The van der Waals surface area contributed by atoms with E-state index in [0.717, 1.165) is 11.1 Å². The first-order valence-electron chi connectivity index (χ1n) is 8.97. The molecule has 1 heterocycles. The van der Waals surface area contributed by atoms with Crippen molar-refractivity contribution in [2.75, 3.05) is 26.7 Å². The van der Waals surface area contributed by atoms with Crippen LogP contribution in [0.1, 0.15) is 23.7 Å². The van der Waals surface area contributed by atoms with Gasteiger partial charge >= 0.3 is 0 Å². The smallest absolute Gasteiger partial charge is 0.256 e. The number of nitrogens with zero attached hydrogens (tertiary/aromatic N) is 2. The molecule has 0 bridgehead atoms. The molecule has 0 unspecified atom stereocenters. The summed E-state index contributed by atoms with van der Waals surface area (Å²) in [5.41, 5.74) is 1.53. The summed E-state index contributed by atoms with van der Waals surface area (Å²) in [6, 6.07) is 15.5. The molecule has 1 fully saturated rings. The topological polar surface area (TPSA) is 49.9 Å². The Bertz CT molecular complexity index is 797. The molecule has 142 valence electrons. The van der Waals surface area contributed by atoms with E-state index < -0.39 is 6.10 Å². The lowest BCUT2D eigenvalue weighted by atomic mass is 10.1. The lowest BCUT2D eigenvalue weighted by molar-refractivity contribution is -0.142. The third-order valence-electron chi connectivity index (χ3n) is 4.72. The van der Waals surface area contributed by atoms with Crippen LogP contribution in [0, 0.1) is 5.82 Å². The normalized spacial score (nSPS) is 16.1. The molecule has 2 aromatic carbocycles. The number of carbonyl (C=O) groups is 2. The molecule has 5 nitrogen and oxygen atoms in total. The number of amides is 2. The van der Waals surface area contributed by atoms with Crippen molar-refractivity contribution in [3.8, 4) is 0 Å². The Balaban J connectivity index is 1.67. The Morgan fingerprint density at radius 1 is 1.11 bits per heavy atom. The van der Waals surface area contributed by atoms with Crippen LogP contribution in [0.25, 0.3) is 0 Å². The SMILES string of the molecule is CO[C@@H](C(=O)N1CCC(=O)N(Cc2cccc(F)c2)CC1)c1ccccc1. The summed E-state index contributed by atoms with van der Waals surface area (Å²) >= 11 is 0. The standard InChI is InChI=1S/C21H23FN2O3/c1-27-20(17-7-3-2-4-8-17)21(26)23-11-10-19(25)24(13-12-23)15-16-6-5-9-18(22)14-16/h2-9,14,20H,10-13,15H2,1H3/t20-/m1/s1. The second-order valence-corrected chi connectivity index (χ2v) is 6.55. The minimum absolute atomic E-state index is 0.0387. The van der Waals surface area contributed by atoms with Gasteiger partial charge in [0.1, 0.15) is 5.82 Å². The average molecular weight is 370 g/mol. The Kier molecular flexibility index (Phi) is 6.19. The minimum atomic E-state index is -0.684. The number of halogens is 1. The van der Waals surface area contributed by atoms with E-state index in [-0.39, 0.29) is 24.1 Å². The van der Waals surface area contributed by atoms with Gasteiger partial charge in [-0.05, 0) is 23.3 Å². The number of methoxy groups -OCH3 is 1. The van der Waals surface area contributed by atoms with Gasteiger partial charge in [-0.25, -0.2) is 4.39 Å². The minimum Gasteiger partial charge on any atom is -0.367 e. The summed E-state index contributed by atoms with van der Waals surface area (Å²) < 4.78 is 18.8. The first-order valence-corrected chi connectivity index (χ1v) is 8.97. The number of rotatable bonds is 5. The van der Waals surface area contributed by atoms with Crippen LogP contribution in [0.3, 0.4) is 0 Å².